The van der Waals surface area contributed by atoms with Crippen molar-refractivity contribution in [1.82, 2.24) is 14.7 Å². The summed E-state index contributed by atoms with van der Waals surface area (Å²) in [6, 6.07) is 21.0. The van der Waals surface area contributed by atoms with Crippen LogP contribution >= 0.6 is 0 Å². The molecule has 39 heavy (non-hydrogen) atoms. The lowest BCUT2D eigenvalue weighted by Gasteiger charge is -2.26. The molecule has 2 amide bonds. The van der Waals surface area contributed by atoms with Crippen LogP contribution in [-0.4, -0.2) is 32.6 Å². The minimum atomic E-state index is -0.638. The molecule has 8 nitrogen and oxygen atoms in total. The van der Waals surface area contributed by atoms with E-state index in [0.717, 1.165) is 33.9 Å². The fourth-order valence-electron chi connectivity index (χ4n) is 4.99. The second-order valence-electron chi connectivity index (χ2n) is 9.61. The summed E-state index contributed by atoms with van der Waals surface area (Å²) in [5.41, 5.74) is 4.69. The number of nitrogens with zero attached hydrogens (tertiary/aromatic N) is 4. The number of hydrogen-bond donors (Lipinski definition) is 0. The van der Waals surface area contributed by atoms with Crippen LogP contribution in [0, 0.1) is 11.3 Å². The molecule has 1 atom stereocenters. The number of aromatic nitrogens is 2. The first kappa shape index (κ1) is 24.2. The van der Waals surface area contributed by atoms with E-state index in [0.29, 0.717) is 22.6 Å². The number of furan rings is 1. The van der Waals surface area contributed by atoms with Gasteiger partial charge in [0.25, 0.3) is 11.8 Å². The Morgan fingerprint density at radius 3 is 2.67 bits per heavy atom. The number of para-hydroxylation sites is 1. The average Bonchev–Trinajstić information content (AvgIpc) is 3.69. The summed E-state index contributed by atoms with van der Waals surface area (Å²) < 4.78 is 13.0. The van der Waals surface area contributed by atoms with E-state index in [1.54, 1.807) is 29.8 Å². The third kappa shape index (κ3) is 4.34. The molecule has 0 spiro atoms. The van der Waals surface area contributed by atoms with Crippen molar-refractivity contribution >= 4 is 17.9 Å². The van der Waals surface area contributed by atoms with Gasteiger partial charge in [0.05, 0.1) is 24.2 Å². The van der Waals surface area contributed by atoms with Gasteiger partial charge >= 0.3 is 0 Å². The minimum Gasteiger partial charge on any atom is -0.490 e. The number of benzene rings is 2. The lowest BCUT2D eigenvalue weighted by Crippen LogP contribution is -2.42. The summed E-state index contributed by atoms with van der Waals surface area (Å²) in [5, 5.41) is 14.7. The predicted molar refractivity (Wildman–Crippen MR) is 143 cm³/mol. The summed E-state index contributed by atoms with van der Waals surface area (Å²) in [7, 11) is 0. The Morgan fingerprint density at radius 1 is 1.10 bits per heavy atom. The van der Waals surface area contributed by atoms with Crippen LogP contribution in [0.4, 0.5) is 0 Å². The maximum Gasteiger partial charge on any atom is 0.272 e. The second-order valence-corrected chi connectivity index (χ2v) is 9.61. The molecule has 192 valence electrons. The number of hydrogen-bond acceptors (Lipinski definition) is 6. The molecular formula is C31H24N4O4. The van der Waals surface area contributed by atoms with Crippen LogP contribution in [0.25, 0.3) is 23.0 Å². The molecule has 8 heteroatoms. The van der Waals surface area contributed by atoms with Crippen molar-refractivity contribution < 1.29 is 18.7 Å². The van der Waals surface area contributed by atoms with Crippen molar-refractivity contribution in [3.8, 4) is 28.8 Å². The molecule has 4 aromatic rings. The smallest absolute Gasteiger partial charge is 0.272 e. The maximum atomic E-state index is 13.7. The van der Waals surface area contributed by atoms with E-state index >= 15 is 0 Å². The highest BCUT2D eigenvalue weighted by molar-refractivity contribution is 6.19. The predicted octanol–water partition coefficient (Wildman–Crippen LogP) is 5.25. The molecule has 4 heterocycles. The standard InChI is InChI=1S/C31H24N4O4/c1-19-13-22-14-21(10-11-28(22)39-19)29-23(17-35(33-29)24-7-4-3-5-8-24)15-26-20(2)27(16-32)31(37)34(30(26)36)18-25-9-6-12-38-25/h3-12,14-15,17,19H,13,18H2,1-2H3/b26-15+. The molecule has 2 aliphatic rings. The second kappa shape index (κ2) is 9.62. The highest BCUT2D eigenvalue weighted by Gasteiger charge is 2.36. The van der Waals surface area contributed by atoms with Crippen molar-refractivity contribution in [1.29, 1.82) is 5.26 Å². The van der Waals surface area contributed by atoms with Crippen molar-refractivity contribution in [2.24, 2.45) is 0 Å². The molecule has 0 bridgehead atoms. The first-order valence-corrected chi connectivity index (χ1v) is 12.6. The Balaban J connectivity index is 1.49. The summed E-state index contributed by atoms with van der Waals surface area (Å²) in [4.78, 5) is 27.7. The highest BCUT2D eigenvalue weighted by Crippen LogP contribution is 2.36. The topological polar surface area (TPSA) is 101 Å². The third-order valence-electron chi connectivity index (χ3n) is 6.95. The average molecular weight is 517 g/mol. The monoisotopic (exact) mass is 516 g/mol. The van der Waals surface area contributed by atoms with Gasteiger partial charge in [0, 0.05) is 29.3 Å². The van der Waals surface area contributed by atoms with E-state index in [1.165, 1.54) is 6.26 Å². The van der Waals surface area contributed by atoms with Crippen molar-refractivity contribution in [3.63, 3.8) is 0 Å². The number of ether oxygens (including phenoxy) is 1. The number of fused-ring (bicyclic) bond motifs is 1. The molecular weight excluding hydrogens is 492 g/mol. The first-order chi connectivity index (χ1) is 18.9. The number of carbonyl (C=O) groups is 2. The van der Waals surface area contributed by atoms with Crippen LogP contribution in [-0.2, 0) is 22.6 Å². The number of amides is 2. The van der Waals surface area contributed by atoms with Crippen molar-refractivity contribution in [2.45, 2.75) is 32.9 Å². The van der Waals surface area contributed by atoms with E-state index < -0.39 is 11.8 Å². The van der Waals surface area contributed by atoms with Gasteiger partial charge in [0.1, 0.15) is 29.3 Å². The van der Waals surface area contributed by atoms with E-state index in [9.17, 15) is 14.9 Å². The quantitative estimate of drug-likeness (QED) is 0.265. The van der Waals surface area contributed by atoms with Gasteiger partial charge < -0.3 is 9.15 Å². The van der Waals surface area contributed by atoms with Crippen molar-refractivity contribution in [3.05, 3.63) is 107 Å². The highest BCUT2D eigenvalue weighted by atomic mass is 16.5. The number of imide groups is 1. The molecule has 2 aromatic carbocycles. The van der Waals surface area contributed by atoms with Gasteiger partial charge in [-0.25, -0.2) is 4.68 Å². The van der Waals surface area contributed by atoms with Crippen molar-refractivity contribution in [2.75, 3.05) is 0 Å². The van der Waals surface area contributed by atoms with Gasteiger partial charge in [-0.2, -0.15) is 10.4 Å². The van der Waals surface area contributed by atoms with E-state index in [1.807, 2.05) is 61.7 Å². The number of rotatable bonds is 5. The molecule has 0 saturated carbocycles. The third-order valence-corrected chi connectivity index (χ3v) is 6.95. The molecule has 0 fully saturated rings. The fourth-order valence-corrected chi connectivity index (χ4v) is 4.99. The van der Waals surface area contributed by atoms with E-state index in [4.69, 9.17) is 14.3 Å². The molecule has 0 radical (unpaired) electrons. The van der Waals surface area contributed by atoms with Crippen LogP contribution in [0.1, 0.15) is 30.7 Å². The Kier molecular flexibility index (Phi) is 5.97. The SMILES string of the molecule is CC1=C(C#N)C(=O)N(Cc2ccco2)C(=O)/C1=C/c1cn(-c2ccccc2)nc1-c1ccc2c(c1)CC(C)O2. The van der Waals surface area contributed by atoms with Crippen LogP contribution in [0.3, 0.4) is 0 Å². The van der Waals surface area contributed by atoms with E-state index in [2.05, 4.69) is 6.07 Å². The summed E-state index contributed by atoms with van der Waals surface area (Å²) in [5.74, 6) is 0.171. The maximum absolute atomic E-state index is 13.7. The summed E-state index contributed by atoms with van der Waals surface area (Å²) >= 11 is 0. The normalized spacial score (nSPS) is 17.9. The zero-order valence-electron chi connectivity index (χ0n) is 21.4. The van der Waals surface area contributed by atoms with Gasteiger partial charge in [-0.15, -0.1) is 0 Å². The summed E-state index contributed by atoms with van der Waals surface area (Å²) in [6.07, 6.45) is 5.95. The van der Waals surface area contributed by atoms with Gasteiger partial charge in [-0.05, 0) is 73.5 Å². The Hall–Kier alpha value is -5.16. The largest absolute Gasteiger partial charge is 0.490 e. The Morgan fingerprint density at radius 2 is 1.92 bits per heavy atom. The lowest BCUT2D eigenvalue weighted by atomic mass is 9.93. The van der Waals surface area contributed by atoms with Crippen LogP contribution < -0.4 is 4.74 Å². The summed E-state index contributed by atoms with van der Waals surface area (Å²) in [6.45, 7) is 3.59. The Labute approximate surface area is 225 Å². The molecule has 0 saturated heterocycles. The van der Waals surface area contributed by atoms with Crippen LogP contribution in [0.2, 0.25) is 0 Å². The molecule has 2 aliphatic heterocycles. The molecule has 0 N–H and O–H groups in total. The fraction of sp³-hybridized carbons (Fsp3) is 0.161. The van der Waals surface area contributed by atoms with Gasteiger partial charge in [0.2, 0.25) is 0 Å². The van der Waals surface area contributed by atoms with E-state index in [-0.39, 0.29) is 23.8 Å². The van der Waals surface area contributed by atoms with Crippen LogP contribution in [0.5, 0.6) is 5.75 Å². The lowest BCUT2D eigenvalue weighted by molar-refractivity contribution is -0.141. The van der Waals surface area contributed by atoms with Gasteiger partial charge in [-0.3, -0.25) is 14.5 Å². The number of nitriles is 1. The van der Waals surface area contributed by atoms with Gasteiger partial charge in [0.15, 0.2) is 0 Å². The minimum absolute atomic E-state index is 0.0698. The molecule has 1 unspecified atom stereocenters. The van der Waals surface area contributed by atoms with Crippen LogP contribution in [0.15, 0.2) is 94.3 Å². The zero-order valence-corrected chi connectivity index (χ0v) is 21.4. The number of carbonyl (C=O) groups excluding carboxylic acids is 2. The Bertz CT molecular complexity index is 1700. The zero-order chi connectivity index (χ0) is 27.1. The van der Waals surface area contributed by atoms with Gasteiger partial charge in [-0.1, -0.05) is 18.2 Å². The molecule has 6 rings (SSSR count). The molecule has 2 aromatic heterocycles. The first-order valence-electron chi connectivity index (χ1n) is 12.6. The molecule has 0 aliphatic carbocycles.